The van der Waals surface area contributed by atoms with Gasteiger partial charge in [-0.2, -0.15) is 0 Å². The van der Waals surface area contributed by atoms with E-state index < -0.39 is 29.4 Å². The molecular weight excluding hydrogens is 474 g/mol. The van der Waals surface area contributed by atoms with Gasteiger partial charge in [-0.15, -0.1) is 0 Å². The van der Waals surface area contributed by atoms with Crippen LogP contribution >= 0.6 is 0 Å². The van der Waals surface area contributed by atoms with Gasteiger partial charge in [0.1, 0.15) is 17.6 Å². The van der Waals surface area contributed by atoms with Gasteiger partial charge in [-0.05, 0) is 77.6 Å². The Morgan fingerprint density at radius 3 is 2.59 bits per heavy atom. The Bertz CT molecular complexity index is 1170. The third-order valence-corrected chi connectivity index (χ3v) is 7.43. The first-order chi connectivity index (χ1) is 17.4. The molecule has 37 heavy (non-hydrogen) atoms. The Kier molecular flexibility index (Phi) is 7.37. The molecule has 0 spiro atoms. The Labute approximate surface area is 217 Å². The highest BCUT2D eigenvalue weighted by Crippen LogP contribution is 2.41. The first-order valence-corrected chi connectivity index (χ1v) is 12.8. The summed E-state index contributed by atoms with van der Waals surface area (Å²) in [5.41, 5.74) is -0.442. The van der Waals surface area contributed by atoms with Gasteiger partial charge >= 0.3 is 5.97 Å². The summed E-state index contributed by atoms with van der Waals surface area (Å²) in [4.78, 5) is 40.3. The summed E-state index contributed by atoms with van der Waals surface area (Å²) in [7, 11) is 1.58. The van der Waals surface area contributed by atoms with E-state index in [1.165, 1.54) is 0 Å². The van der Waals surface area contributed by atoms with Crippen molar-refractivity contribution in [3.8, 4) is 17.1 Å². The van der Waals surface area contributed by atoms with E-state index >= 15 is 0 Å². The summed E-state index contributed by atoms with van der Waals surface area (Å²) >= 11 is 0. The molecule has 2 aliphatic rings. The number of aliphatic carboxylic acids is 1. The number of carboxylic acids is 1. The second kappa shape index (κ2) is 10.2. The largest absolute Gasteiger partial charge is 0.497 e. The van der Waals surface area contributed by atoms with Crippen LogP contribution in [0.15, 0.2) is 40.8 Å². The second-order valence-corrected chi connectivity index (χ2v) is 11.4. The molecular formula is C28H37N3O6. The number of carbonyl (C=O) groups excluding carboxylic acids is 2. The van der Waals surface area contributed by atoms with Crippen molar-refractivity contribution in [1.29, 1.82) is 0 Å². The van der Waals surface area contributed by atoms with Crippen LogP contribution in [-0.2, 0) is 9.59 Å². The highest BCUT2D eigenvalue weighted by atomic mass is 16.5. The van der Waals surface area contributed by atoms with Crippen LogP contribution in [0.2, 0.25) is 0 Å². The number of furan rings is 1. The van der Waals surface area contributed by atoms with Crippen molar-refractivity contribution in [2.24, 2.45) is 5.41 Å². The number of nitrogens with one attached hydrogen (secondary N) is 2. The number of benzene rings is 1. The SMILES string of the molecule is COc1cccc(-c2ccc(C(=O)NC3CCN([C@H]4CC[C@@H](NC(C)(C)C)C[C@@]4(C)C(=O)O)C3=O)o2)c1. The fourth-order valence-corrected chi connectivity index (χ4v) is 5.66. The molecule has 1 unspecified atom stereocenters. The summed E-state index contributed by atoms with van der Waals surface area (Å²) in [6.07, 6.45) is 2.23. The molecule has 4 atom stereocenters. The van der Waals surface area contributed by atoms with E-state index in [9.17, 15) is 19.5 Å². The zero-order valence-electron chi connectivity index (χ0n) is 22.2. The van der Waals surface area contributed by atoms with Gasteiger partial charge in [0.25, 0.3) is 5.91 Å². The van der Waals surface area contributed by atoms with Gasteiger partial charge in [0.15, 0.2) is 5.76 Å². The smallest absolute Gasteiger partial charge is 0.311 e. The molecule has 1 aliphatic carbocycles. The van der Waals surface area contributed by atoms with E-state index in [0.717, 1.165) is 12.0 Å². The van der Waals surface area contributed by atoms with Crippen molar-refractivity contribution < 1.29 is 28.6 Å². The third-order valence-electron chi connectivity index (χ3n) is 7.43. The monoisotopic (exact) mass is 511 g/mol. The molecule has 3 N–H and O–H groups in total. The van der Waals surface area contributed by atoms with Crippen LogP contribution in [0.1, 0.15) is 63.9 Å². The van der Waals surface area contributed by atoms with Crippen molar-refractivity contribution in [1.82, 2.24) is 15.5 Å². The molecule has 0 radical (unpaired) electrons. The molecule has 0 bridgehead atoms. The number of nitrogens with zero attached hydrogens (tertiary/aromatic N) is 1. The number of hydrogen-bond acceptors (Lipinski definition) is 6. The van der Waals surface area contributed by atoms with Gasteiger partial charge < -0.3 is 29.8 Å². The molecule has 9 nitrogen and oxygen atoms in total. The Hall–Kier alpha value is -3.33. The lowest BCUT2D eigenvalue weighted by Gasteiger charge is -2.47. The lowest BCUT2D eigenvalue weighted by molar-refractivity contribution is -0.158. The molecule has 2 aromatic rings. The van der Waals surface area contributed by atoms with Crippen LogP contribution in [0, 0.1) is 5.41 Å². The van der Waals surface area contributed by atoms with Crippen LogP contribution in [0.25, 0.3) is 11.3 Å². The maximum Gasteiger partial charge on any atom is 0.311 e. The highest BCUT2D eigenvalue weighted by molar-refractivity contribution is 5.96. The average Bonchev–Trinajstić information content (AvgIpc) is 3.46. The lowest BCUT2D eigenvalue weighted by atomic mass is 9.68. The van der Waals surface area contributed by atoms with E-state index in [1.54, 1.807) is 31.1 Å². The van der Waals surface area contributed by atoms with E-state index in [1.807, 2.05) is 24.3 Å². The third kappa shape index (κ3) is 5.66. The standard InChI is InChI=1S/C28H37N3O6/c1-27(2,3)30-18-9-12-23(28(4,16-18)26(34)35)31-14-13-20(25(31)33)29-24(32)22-11-10-21(37-22)17-7-6-8-19(15-17)36-5/h6-8,10-11,15,18,20,23,30H,9,12-14,16H2,1-5H3,(H,29,32)(H,34,35)/t18-,20?,23+,28-/m1/s1. The van der Waals surface area contributed by atoms with Gasteiger partial charge in [-0.25, -0.2) is 0 Å². The molecule has 1 aromatic carbocycles. The number of methoxy groups -OCH3 is 1. The fraction of sp³-hybridized carbons (Fsp3) is 0.536. The van der Waals surface area contributed by atoms with Gasteiger partial charge in [-0.3, -0.25) is 14.4 Å². The van der Waals surface area contributed by atoms with Gasteiger partial charge in [0.05, 0.1) is 12.5 Å². The maximum absolute atomic E-state index is 13.3. The van der Waals surface area contributed by atoms with E-state index in [0.29, 0.717) is 37.3 Å². The van der Waals surface area contributed by atoms with Gasteiger partial charge in [0, 0.05) is 29.7 Å². The van der Waals surface area contributed by atoms with Gasteiger partial charge in [-0.1, -0.05) is 12.1 Å². The van der Waals surface area contributed by atoms with Crippen molar-refractivity contribution >= 4 is 17.8 Å². The van der Waals surface area contributed by atoms with Crippen molar-refractivity contribution in [3.05, 3.63) is 42.2 Å². The summed E-state index contributed by atoms with van der Waals surface area (Å²) in [5.74, 6) is -0.331. The summed E-state index contributed by atoms with van der Waals surface area (Å²) in [6.45, 7) is 8.33. The first kappa shape index (κ1) is 26.7. The predicted molar refractivity (Wildman–Crippen MR) is 138 cm³/mol. The number of rotatable bonds is 7. The minimum Gasteiger partial charge on any atom is -0.497 e. The van der Waals surface area contributed by atoms with Crippen molar-refractivity contribution in [3.63, 3.8) is 0 Å². The zero-order chi connectivity index (χ0) is 27.0. The molecule has 1 aliphatic heterocycles. The number of hydrogen-bond donors (Lipinski definition) is 3. The molecule has 9 heteroatoms. The number of carboxylic acid groups (broad SMARTS) is 1. The van der Waals surface area contributed by atoms with Gasteiger partial charge in [0.2, 0.25) is 5.91 Å². The molecule has 2 amide bonds. The van der Waals surface area contributed by atoms with E-state index in [-0.39, 0.29) is 23.2 Å². The molecule has 2 fully saturated rings. The molecule has 1 saturated heterocycles. The molecule has 200 valence electrons. The molecule has 4 rings (SSSR count). The van der Waals surface area contributed by atoms with Crippen LogP contribution in [0.5, 0.6) is 5.75 Å². The van der Waals surface area contributed by atoms with Crippen LogP contribution < -0.4 is 15.4 Å². The minimum absolute atomic E-state index is 0.0586. The zero-order valence-corrected chi connectivity index (χ0v) is 22.2. The number of carbonyl (C=O) groups is 3. The normalized spacial score (nSPS) is 26.2. The summed E-state index contributed by atoms with van der Waals surface area (Å²) < 4.78 is 11.0. The highest BCUT2D eigenvalue weighted by Gasteiger charge is 2.52. The topological polar surface area (TPSA) is 121 Å². The van der Waals surface area contributed by atoms with Crippen LogP contribution in [-0.4, -0.2) is 65.1 Å². The Morgan fingerprint density at radius 2 is 1.92 bits per heavy atom. The molecule has 2 heterocycles. The van der Waals surface area contributed by atoms with Crippen LogP contribution in [0.3, 0.4) is 0 Å². The van der Waals surface area contributed by atoms with E-state index in [4.69, 9.17) is 9.15 Å². The number of likely N-dealkylation sites (tertiary alicyclic amines) is 1. The Morgan fingerprint density at radius 1 is 1.16 bits per heavy atom. The summed E-state index contributed by atoms with van der Waals surface area (Å²) in [6, 6.07) is 9.50. The second-order valence-electron chi connectivity index (χ2n) is 11.4. The molecule has 1 aromatic heterocycles. The quantitative estimate of drug-likeness (QED) is 0.518. The number of ether oxygens (including phenoxy) is 1. The maximum atomic E-state index is 13.3. The number of amides is 2. The fourth-order valence-electron chi connectivity index (χ4n) is 5.66. The van der Waals surface area contributed by atoms with Crippen LogP contribution in [0.4, 0.5) is 0 Å². The Balaban J connectivity index is 1.43. The average molecular weight is 512 g/mol. The first-order valence-electron chi connectivity index (χ1n) is 12.8. The minimum atomic E-state index is -1.08. The lowest BCUT2D eigenvalue weighted by Crippen LogP contribution is -2.59. The predicted octanol–water partition coefficient (Wildman–Crippen LogP) is 3.69. The van der Waals surface area contributed by atoms with Crippen molar-refractivity contribution in [2.45, 2.75) is 77.0 Å². The van der Waals surface area contributed by atoms with Crippen molar-refractivity contribution in [2.75, 3.05) is 13.7 Å². The van der Waals surface area contributed by atoms with E-state index in [2.05, 4.69) is 31.4 Å². The summed E-state index contributed by atoms with van der Waals surface area (Å²) in [5, 5.41) is 16.5. The molecule has 1 saturated carbocycles.